The molecule has 2 N–H and O–H groups in total. The lowest BCUT2D eigenvalue weighted by Gasteiger charge is -2.35. The molecule has 0 unspecified atom stereocenters. The Balaban J connectivity index is 1.28. The first-order valence-electron chi connectivity index (χ1n) is 12.6. The van der Waals surface area contributed by atoms with E-state index in [1.54, 1.807) is 0 Å². The van der Waals surface area contributed by atoms with Gasteiger partial charge in [0.15, 0.2) is 0 Å². The molecule has 2 aliphatic rings. The Bertz CT molecular complexity index is 1210. The van der Waals surface area contributed by atoms with Crippen molar-refractivity contribution in [2.45, 2.75) is 33.1 Å². The molecule has 2 saturated heterocycles. The van der Waals surface area contributed by atoms with Gasteiger partial charge in [0, 0.05) is 51.2 Å². The molecule has 8 heteroatoms. The number of nitrogens with one attached hydrogen (secondary N) is 1. The predicted octanol–water partition coefficient (Wildman–Crippen LogP) is 3.99. The van der Waals surface area contributed by atoms with Crippen molar-refractivity contribution in [3.8, 4) is 11.3 Å². The molecule has 1 amide bonds. The van der Waals surface area contributed by atoms with E-state index in [0.29, 0.717) is 11.4 Å². The lowest BCUT2D eigenvalue weighted by molar-refractivity contribution is -0.131. The fraction of sp³-hybridized carbons (Fsp3) is 0.481. The van der Waals surface area contributed by atoms with Crippen LogP contribution in [-0.2, 0) is 11.2 Å². The molecule has 2 aliphatic heterocycles. The normalized spacial score (nSPS) is 17.5. The number of aryl methyl sites for hydroxylation is 2. The summed E-state index contributed by atoms with van der Waals surface area (Å²) in [5.74, 6) is -0.603. The fourth-order valence-corrected chi connectivity index (χ4v) is 6.39. The van der Waals surface area contributed by atoms with Crippen LogP contribution in [-0.4, -0.2) is 89.0 Å². The first-order valence-corrected chi connectivity index (χ1v) is 13.4. The number of carboxylic acid groups (broad SMARTS) is 1. The van der Waals surface area contributed by atoms with Crippen LogP contribution in [0.5, 0.6) is 0 Å². The van der Waals surface area contributed by atoms with E-state index in [1.807, 2.05) is 11.0 Å². The third-order valence-corrected chi connectivity index (χ3v) is 8.32. The van der Waals surface area contributed by atoms with Crippen LogP contribution in [0, 0.1) is 13.8 Å². The van der Waals surface area contributed by atoms with Crippen LogP contribution in [0.15, 0.2) is 24.3 Å². The van der Waals surface area contributed by atoms with Crippen LogP contribution >= 0.6 is 11.3 Å². The number of piperazine rings is 1. The average molecular weight is 495 g/mol. The molecule has 35 heavy (non-hydrogen) atoms. The van der Waals surface area contributed by atoms with Crippen molar-refractivity contribution in [3.05, 3.63) is 45.8 Å². The van der Waals surface area contributed by atoms with Crippen molar-refractivity contribution in [2.75, 3.05) is 52.4 Å². The molecule has 186 valence electrons. The molecular weight excluding hydrogens is 460 g/mol. The minimum Gasteiger partial charge on any atom is -0.477 e. The maximum Gasteiger partial charge on any atom is 0.345 e. The summed E-state index contributed by atoms with van der Waals surface area (Å²) in [5, 5.41) is 10.5. The zero-order valence-electron chi connectivity index (χ0n) is 20.6. The van der Waals surface area contributed by atoms with Gasteiger partial charge >= 0.3 is 5.97 Å². The highest BCUT2D eigenvalue weighted by molar-refractivity contribution is 7.20. The molecule has 1 aromatic carbocycles. The van der Waals surface area contributed by atoms with E-state index in [4.69, 9.17) is 0 Å². The molecule has 2 fully saturated rings. The van der Waals surface area contributed by atoms with Crippen molar-refractivity contribution in [2.24, 2.45) is 0 Å². The Labute approximate surface area is 210 Å². The van der Waals surface area contributed by atoms with Gasteiger partial charge in [-0.15, -0.1) is 11.3 Å². The highest BCUT2D eigenvalue weighted by Gasteiger charge is 2.24. The molecule has 0 spiro atoms. The summed E-state index contributed by atoms with van der Waals surface area (Å²) in [4.78, 5) is 35.7. The molecule has 0 saturated carbocycles. The number of aromatic nitrogens is 1. The number of nitrogens with zero attached hydrogens (tertiary/aromatic N) is 3. The Kier molecular flexibility index (Phi) is 6.95. The van der Waals surface area contributed by atoms with Gasteiger partial charge in [-0.2, -0.15) is 0 Å². The standard InChI is InChI=1S/C27H34N4O3S/c1-18-13-19(2)15-20(14-18)25-21(22-16-23(27(33)34)35-26(22)28-25)5-8-29-9-11-30(12-10-29)17-24(32)31-6-3-4-7-31/h13-16,28H,3-12,17H2,1-2H3,(H,33,34). The summed E-state index contributed by atoms with van der Waals surface area (Å²) in [6.45, 7) is 11.2. The molecule has 2 aromatic heterocycles. The van der Waals surface area contributed by atoms with E-state index >= 15 is 0 Å². The maximum atomic E-state index is 12.5. The number of thiophene rings is 1. The lowest BCUT2D eigenvalue weighted by atomic mass is 9.99. The Morgan fingerprint density at radius 1 is 0.943 bits per heavy atom. The summed E-state index contributed by atoms with van der Waals surface area (Å²) in [6, 6.07) is 8.38. The van der Waals surface area contributed by atoms with Crippen molar-refractivity contribution < 1.29 is 14.7 Å². The number of rotatable bonds is 7. The van der Waals surface area contributed by atoms with Gasteiger partial charge in [0.2, 0.25) is 5.91 Å². The number of likely N-dealkylation sites (tertiary alicyclic amines) is 1. The second-order valence-electron chi connectivity index (χ2n) is 9.97. The molecule has 4 heterocycles. The van der Waals surface area contributed by atoms with E-state index in [-0.39, 0.29) is 5.91 Å². The van der Waals surface area contributed by atoms with Crippen molar-refractivity contribution >= 4 is 33.4 Å². The van der Waals surface area contributed by atoms with E-state index in [9.17, 15) is 14.7 Å². The van der Waals surface area contributed by atoms with E-state index in [0.717, 1.165) is 86.5 Å². The number of hydrogen-bond acceptors (Lipinski definition) is 5. The largest absolute Gasteiger partial charge is 0.477 e. The molecule has 3 aromatic rings. The van der Waals surface area contributed by atoms with Gasteiger partial charge in [-0.3, -0.25) is 9.69 Å². The topological polar surface area (TPSA) is 79.9 Å². The van der Waals surface area contributed by atoms with E-state index < -0.39 is 5.97 Å². The molecule has 5 rings (SSSR count). The number of aromatic amines is 1. The second-order valence-corrected chi connectivity index (χ2v) is 11.0. The van der Waals surface area contributed by atoms with Gasteiger partial charge in [-0.05, 0) is 62.4 Å². The van der Waals surface area contributed by atoms with Crippen LogP contribution in [0.2, 0.25) is 0 Å². The summed E-state index contributed by atoms with van der Waals surface area (Å²) >= 11 is 1.31. The number of fused-ring (bicyclic) bond motifs is 1. The molecule has 0 bridgehead atoms. The lowest BCUT2D eigenvalue weighted by Crippen LogP contribution is -2.50. The smallest absolute Gasteiger partial charge is 0.345 e. The van der Waals surface area contributed by atoms with Crippen LogP contribution in [0.3, 0.4) is 0 Å². The van der Waals surface area contributed by atoms with Gasteiger partial charge in [-0.1, -0.05) is 17.2 Å². The summed E-state index contributed by atoms with van der Waals surface area (Å²) in [5.41, 5.74) is 5.89. The third kappa shape index (κ3) is 5.29. The van der Waals surface area contributed by atoms with Gasteiger partial charge in [0.1, 0.15) is 9.71 Å². The monoisotopic (exact) mass is 494 g/mol. The number of hydrogen-bond donors (Lipinski definition) is 2. The quantitative estimate of drug-likeness (QED) is 0.519. The van der Waals surface area contributed by atoms with Gasteiger partial charge in [0.25, 0.3) is 0 Å². The Morgan fingerprint density at radius 2 is 1.60 bits per heavy atom. The Hall–Kier alpha value is -2.68. The maximum absolute atomic E-state index is 12.5. The minimum atomic E-state index is -0.877. The highest BCUT2D eigenvalue weighted by atomic mass is 32.1. The first-order chi connectivity index (χ1) is 16.9. The van der Waals surface area contributed by atoms with Crippen molar-refractivity contribution in [3.63, 3.8) is 0 Å². The van der Waals surface area contributed by atoms with Crippen LogP contribution < -0.4 is 0 Å². The minimum absolute atomic E-state index is 0.274. The molecule has 0 radical (unpaired) electrons. The number of amides is 1. The summed E-state index contributed by atoms with van der Waals surface area (Å²) in [6.07, 6.45) is 3.12. The van der Waals surface area contributed by atoms with Crippen molar-refractivity contribution in [1.29, 1.82) is 0 Å². The zero-order valence-corrected chi connectivity index (χ0v) is 21.4. The number of carboxylic acids is 1. The fourth-order valence-electron chi connectivity index (χ4n) is 5.46. The molecule has 0 aliphatic carbocycles. The third-order valence-electron chi connectivity index (χ3n) is 7.28. The first kappa shape index (κ1) is 24.0. The molecule has 7 nitrogen and oxygen atoms in total. The van der Waals surface area contributed by atoms with Gasteiger partial charge in [0.05, 0.1) is 12.2 Å². The second kappa shape index (κ2) is 10.1. The van der Waals surface area contributed by atoms with E-state index in [1.165, 1.54) is 28.0 Å². The molecule has 0 atom stereocenters. The van der Waals surface area contributed by atoms with Crippen LogP contribution in [0.4, 0.5) is 0 Å². The van der Waals surface area contributed by atoms with Crippen molar-refractivity contribution in [1.82, 2.24) is 19.7 Å². The van der Waals surface area contributed by atoms with Crippen LogP contribution in [0.1, 0.15) is 39.2 Å². The van der Waals surface area contributed by atoms with Gasteiger partial charge in [-0.25, -0.2) is 4.79 Å². The SMILES string of the molecule is Cc1cc(C)cc(-c2[nH]c3sc(C(=O)O)cc3c2CCN2CCN(CC(=O)N3CCCC3)CC2)c1. The Morgan fingerprint density at radius 3 is 2.26 bits per heavy atom. The highest BCUT2D eigenvalue weighted by Crippen LogP contribution is 2.36. The zero-order chi connectivity index (χ0) is 24.5. The summed E-state index contributed by atoms with van der Waals surface area (Å²) < 4.78 is 0. The predicted molar refractivity (Wildman–Crippen MR) is 140 cm³/mol. The average Bonchev–Trinajstić information content (AvgIpc) is 3.55. The number of carbonyl (C=O) groups is 2. The number of carbonyl (C=O) groups excluding carboxylic acids is 1. The molecular formula is C27H34N4O3S. The van der Waals surface area contributed by atoms with E-state index in [2.05, 4.69) is 46.8 Å². The number of H-pyrrole nitrogens is 1. The van der Waals surface area contributed by atoms with Crippen LogP contribution in [0.25, 0.3) is 21.5 Å². The number of aromatic carboxylic acids is 1. The number of benzene rings is 1. The van der Waals surface area contributed by atoms with Gasteiger partial charge < -0.3 is 19.9 Å². The summed E-state index contributed by atoms with van der Waals surface area (Å²) in [7, 11) is 0.